The number of fused-ring (bicyclic) bond motifs is 1. The van der Waals surface area contributed by atoms with Gasteiger partial charge < -0.3 is 19.6 Å². The molecule has 31 heavy (non-hydrogen) atoms. The van der Waals surface area contributed by atoms with Crippen LogP contribution < -0.4 is 15.7 Å². The Morgan fingerprint density at radius 1 is 1.16 bits per heavy atom. The average molecular weight is 437 g/mol. The first-order chi connectivity index (χ1) is 15.1. The van der Waals surface area contributed by atoms with Crippen molar-refractivity contribution < 1.29 is 14.3 Å². The predicted octanol–water partition coefficient (Wildman–Crippen LogP) is 6.11. The number of aryl methyl sites for hydroxylation is 1. The molecular weight excluding hydrogens is 412 g/mol. The largest absolute Gasteiger partial charge is 0.508 e. The van der Waals surface area contributed by atoms with Crippen LogP contribution in [0, 0.1) is 0 Å². The lowest BCUT2D eigenvalue weighted by Crippen LogP contribution is -2.03. The Hall–Kier alpha value is -3.32. The van der Waals surface area contributed by atoms with Gasteiger partial charge in [0.2, 0.25) is 0 Å². The topological polar surface area (TPSA) is 84.6 Å². The van der Waals surface area contributed by atoms with Crippen LogP contribution in [0.15, 0.2) is 57.1 Å². The van der Waals surface area contributed by atoms with Crippen molar-refractivity contribution in [3.05, 3.63) is 63.8 Å². The van der Waals surface area contributed by atoms with E-state index in [1.807, 2.05) is 11.4 Å². The lowest BCUT2D eigenvalue weighted by molar-refractivity contribution is 0.416. The van der Waals surface area contributed by atoms with Crippen molar-refractivity contribution >= 4 is 33.1 Å². The van der Waals surface area contributed by atoms with Crippen LogP contribution in [-0.4, -0.2) is 17.2 Å². The molecule has 6 nitrogen and oxygen atoms in total. The summed E-state index contributed by atoms with van der Waals surface area (Å²) in [7, 11) is 1.65. The number of anilines is 2. The molecule has 0 spiro atoms. The number of nitrogens with one attached hydrogen (secondary N) is 1. The molecule has 7 heteroatoms. The van der Waals surface area contributed by atoms with E-state index in [-0.39, 0.29) is 5.75 Å². The van der Waals surface area contributed by atoms with Crippen LogP contribution in [0.25, 0.3) is 22.2 Å². The first-order valence-electron chi connectivity index (χ1n) is 10.2. The van der Waals surface area contributed by atoms with Gasteiger partial charge in [-0.05, 0) is 48.7 Å². The molecule has 0 saturated heterocycles. The summed E-state index contributed by atoms with van der Waals surface area (Å²) in [4.78, 5) is 17.0. The third kappa shape index (κ3) is 4.72. The van der Waals surface area contributed by atoms with Gasteiger partial charge >= 0.3 is 5.63 Å². The zero-order chi connectivity index (χ0) is 21.8. The fourth-order valence-corrected chi connectivity index (χ4v) is 4.14. The third-order valence-corrected chi connectivity index (χ3v) is 5.83. The maximum atomic E-state index is 12.4. The minimum Gasteiger partial charge on any atom is -0.508 e. The number of phenolic OH excluding ortho intramolecular Hbond substituents is 1. The summed E-state index contributed by atoms with van der Waals surface area (Å²) in [5, 5.41) is 16.0. The highest BCUT2D eigenvalue weighted by Crippen LogP contribution is 2.32. The first-order valence-corrected chi connectivity index (χ1v) is 11.1. The van der Waals surface area contributed by atoms with Gasteiger partial charge in [0.25, 0.3) is 0 Å². The second-order valence-electron chi connectivity index (χ2n) is 7.32. The van der Waals surface area contributed by atoms with E-state index in [9.17, 15) is 9.90 Å². The molecule has 2 heterocycles. The van der Waals surface area contributed by atoms with Crippen LogP contribution in [0.3, 0.4) is 0 Å². The number of hydrogen-bond donors (Lipinski definition) is 2. The molecule has 4 rings (SSSR count). The number of nitrogens with zero attached hydrogens (tertiary/aromatic N) is 1. The predicted molar refractivity (Wildman–Crippen MR) is 125 cm³/mol. The number of hydrogen-bond acceptors (Lipinski definition) is 7. The molecule has 0 unspecified atom stereocenters. The standard InChI is InChI=1S/C24H24N2O4S/c1-3-4-5-6-15-7-10-19(22(11-15)29-2)25-24-26-20(14-31-24)18-12-16-8-9-17(27)13-21(16)30-23(18)28/h7-14,27H,3-6H2,1-2H3,(H,25,26). The number of unbranched alkanes of at least 4 members (excludes halogenated alkanes) is 2. The Morgan fingerprint density at radius 2 is 2.03 bits per heavy atom. The average Bonchev–Trinajstić information content (AvgIpc) is 3.22. The Morgan fingerprint density at radius 3 is 2.84 bits per heavy atom. The van der Waals surface area contributed by atoms with Gasteiger partial charge in [-0.1, -0.05) is 25.8 Å². The lowest BCUT2D eigenvalue weighted by Gasteiger charge is -2.11. The van der Waals surface area contributed by atoms with E-state index in [4.69, 9.17) is 9.15 Å². The SMILES string of the molecule is CCCCCc1ccc(Nc2nc(-c3cc4ccc(O)cc4oc3=O)cs2)c(OC)c1. The number of aromatic nitrogens is 1. The Bertz CT molecular complexity index is 1260. The number of rotatable bonds is 8. The van der Waals surface area contributed by atoms with E-state index < -0.39 is 5.63 Å². The van der Waals surface area contributed by atoms with Gasteiger partial charge in [0.15, 0.2) is 5.13 Å². The molecule has 0 aliphatic rings. The van der Waals surface area contributed by atoms with Crippen LogP contribution in [-0.2, 0) is 6.42 Å². The van der Waals surface area contributed by atoms with Crippen LogP contribution >= 0.6 is 11.3 Å². The van der Waals surface area contributed by atoms with E-state index in [1.165, 1.54) is 35.8 Å². The van der Waals surface area contributed by atoms with Crippen LogP contribution in [0.5, 0.6) is 11.5 Å². The van der Waals surface area contributed by atoms with Crippen molar-refractivity contribution in [3.8, 4) is 22.8 Å². The minimum atomic E-state index is -0.496. The second kappa shape index (κ2) is 9.22. The molecule has 2 aromatic heterocycles. The summed E-state index contributed by atoms with van der Waals surface area (Å²) in [5.41, 5.74) is 2.82. The van der Waals surface area contributed by atoms with Gasteiger partial charge in [-0.2, -0.15) is 0 Å². The van der Waals surface area contributed by atoms with E-state index in [0.717, 1.165) is 29.7 Å². The van der Waals surface area contributed by atoms with Gasteiger partial charge in [0.05, 0.1) is 24.1 Å². The van der Waals surface area contributed by atoms with Gasteiger partial charge in [0.1, 0.15) is 17.1 Å². The second-order valence-corrected chi connectivity index (χ2v) is 8.18. The summed E-state index contributed by atoms with van der Waals surface area (Å²) in [6.45, 7) is 2.20. The summed E-state index contributed by atoms with van der Waals surface area (Å²) in [6, 6.07) is 12.6. The molecule has 0 aliphatic heterocycles. The van der Waals surface area contributed by atoms with Crippen molar-refractivity contribution in [3.63, 3.8) is 0 Å². The van der Waals surface area contributed by atoms with Crippen LogP contribution in [0.1, 0.15) is 31.7 Å². The van der Waals surface area contributed by atoms with Gasteiger partial charge in [-0.3, -0.25) is 0 Å². The molecular formula is C24H24N2O4S. The van der Waals surface area contributed by atoms with Crippen molar-refractivity contribution in [1.29, 1.82) is 0 Å². The highest BCUT2D eigenvalue weighted by atomic mass is 32.1. The summed E-state index contributed by atoms with van der Waals surface area (Å²) >= 11 is 1.40. The van der Waals surface area contributed by atoms with E-state index in [0.29, 0.717) is 22.0 Å². The van der Waals surface area contributed by atoms with Crippen molar-refractivity contribution in [2.24, 2.45) is 0 Å². The van der Waals surface area contributed by atoms with Crippen molar-refractivity contribution in [2.45, 2.75) is 32.6 Å². The molecule has 160 valence electrons. The molecule has 0 bridgehead atoms. The quantitative estimate of drug-likeness (QED) is 0.256. The maximum Gasteiger partial charge on any atom is 0.345 e. The number of methoxy groups -OCH3 is 1. The summed E-state index contributed by atoms with van der Waals surface area (Å²) < 4.78 is 10.9. The van der Waals surface area contributed by atoms with E-state index >= 15 is 0 Å². The van der Waals surface area contributed by atoms with Crippen molar-refractivity contribution in [1.82, 2.24) is 4.98 Å². The molecule has 0 saturated carbocycles. The third-order valence-electron chi connectivity index (χ3n) is 5.08. The van der Waals surface area contributed by atoms with Gasteiger partial charge in [0, 0.05) is 16.8 Å². The number of benzene rings is 2. The van der Waals surface area contributed by atoms with Crippen LogP contribution in [0.4, 0.5) is 10.8 Å². The molecule has 0 fully saturated rings. The number of ether oxygens (including phenoxy) is 1. The fraction of sp³-hybridized carbons (Fsp3) is 0.250. The fourth-order valence-electron chi connectivity index (χ4n) is 3.42. The van der Waals surface area contributed by atoms with Gasteiger partial charge in [-0.15, -0.1) is 11.3 Å². The number of thiazole rings is 1. The molecule has 4 aromatic rings. The molecule has 0 atom stereocenters. The molecule has 0 aliphatic carbocycles. The molecule has 2 aromatic carbocycles. The van der Waals surface area contributed by atoms with Crippen LogP contribution in [0.2, 0.25) is 0 Å². The maximum absolute atomic E-state index is 12.4. The highest BCUT2D eigenvalue weighted by molar-refractivity contribution is 7.14. The molecule has 0 amide bonds. The summed E-state index contributed by atoms with van der Waals surface area (Å²) in [5.74, 6) is 0.810. The molecule has 0 radical (unpaired) electrons. The smallest absolute Gasteiger partial charge is 0.345 e. The Balaban J connectivity index is 1.57. The van der Waals surface area contributed by atoms with Crippen molar-refractivity contribution in [2.75, 3.05) is 12.4 Å². The Kier molecular flexibility index (Phi) is 6.23. The monoisotopic (exact) mass is 436 g/mol. The zero-order valence-electron chi connectivity index (χ0n) is 17.5. The number of aromatic hydroxyl groups is 1. The lowest BCUT2D eigenvalue weighted by atomic mass is 10.1. The van der Waals surface area contributed by atoms with Gasteiger partial charge in [-0.25, -0.2) is 9.78 Å². The first kappa shape index (κ1) is 20.9. The normalized spacial score (nSPS) is 11.0. The zero-order valence-corrected chi connectivity index (χ0v) is 18.3. The Labute approximate surface area is 184 Å². The summed E-state index contributed by atoms with van der Waals surface area (Å²) in [6.07, 6.45) is 4.60. The number of phenols is 1. The highest BCUT2D eigenvalue weighted by Gasteiger charge is 2.13. The molecule has 2 N–H and O–H groups in total. The van der Waals surface area contributed by atoms with E-state index in [2.05, 4.69) is 29.4 Å². The van der Waals surface area contributed by atoms with E-state index in [1.54, 1.807) is 25.3 Å². The minimum absolute atomic E-state index is 0.0499.